The molecule has 17 heavy (non-hydrogen) atoms. The highest BCUT2D eigenvalue weighted by atomic mass is 16.2. The monoisotopic (exact) mass is 231 g/mol. The van der Waals surface area contributed by atoms with Gasteiger partial charge < -0.3 is 5.11 Å². The highest BCUT2D eigenvalue weighted by molar-refractivity contribution is 5.37. The van der Waals surface area contributed by atoms with Gasteiger partial charge in [-0.2, -0.15) is 0 Å². The minimum absolute atomic E-state index is 0.0863. The number of aliphatic hydroxyl groups is 1. The summed E-state index contributed by atoms with van der Waals surface area (Å²) >= 11 is 0. The first-order chi connectivity index (χ1) is 8.17. The van der Waals surface area contributed by atoms with E-state index in [-0.39, 0.29) is 6.61 Å². The number of hydrogen-bond acceptors (Lipinski definition) is 2. The largest absolute Gasteiger partial charge is 0.384 e. The van der Waals surface area contributed by atoms with Crippen LogP contribution in [-0.2, 0) is 6.54 Å². The lowest BCUT2D eigenvalue weighted by Gasteiger charge is -2.23. The highest BCUT2D eigenvalue weighted by Crippen LogP contribution is 2.10. The predicted octanol–water partition coefficient (Wildman–Crippen LogP) is 2.26. The summed E-state index contributed by atoms with van der Waals surface area (Å²) in [5.41, 5.74) is 2.23. The fourth-order valence-corrected chi connectivity index (χ4v) is 1.64. The average Bonchev–Trinajstić information content (AvgIpc) is 2.35. The van der Waals surface area contributed by atoms with Crippen LogP contribution in [-0.4, -0.2) is 29.7 Å². The van der Waals surface area contributed by atoms with Crippen LogP contribution in [0.25, 0.3) is 0 Å². The van der Waals surface area contributed by atoms with Crippen LogP contribution < -0.4 is 0 Å². The van der Waals surface area contributed by atoms with Crippen molar-refractivity contribution in [3.05, 3.63) is 35.4 Å². The van der Waals surface area contributed by atoms with Crippen molar-refractivity contribution in [2.45, 2.75) is 32.9 Å². The molecule has 0 aliphatic rings. The van der Waals surface area contributed by atoms with E-state index >= 15 is 0 Å². The van der Waals surface area contributed by atoms with Crippen molar-refractivity contribution in [1.82, 2.24) is 4.90 Å². The first-order valence-corrected chi connectivity index (χ1v) is 6.06. The number of benzene rings is 1. The molecule has 1 aromatic carbocycles. The summed E-state index contributed by atoms with van der Waals surface area (Å²) in [7, 11) is 2.14. The van der Waals surface area contributed by atoms with Crippen LogP contribution in [0.3, 0.4) is 0 Å². The van der Waals surface area contributed by atoms with Gasteiger partial charge in [-0.3, -0.25) is 4.90 Å². The second-order valence-corrected chi connectivity index (χ2v) is 4.33. The van der Waals surface area contributed by atoms with Gasteiger partial charge in [0.2, 0.25) is 0 Å². The third-order valence-electron chi connectivity index (χ3n) is 3.01. The molecule has 0 spiro atoms. The Hall–Kier alpha value is -1.30. The zero-order valence-electron chi connectivity index (χ0n) is 10.9. The van der Waals surface area contributed by atoms with Gasteiger partial charge in [0.15, 0.2) is 0 Å². The molecule has 0 radical (unpaired) electrons. The van der Waals surface area contributed by atoms with Crippen molar-refractivity contribution in [3.8, 4) is 11.8 Å². The molecule has 0 saturated carbocycles. The third kappa shape index (κ3) is 4.60. The van der Waals surface area contributed by atoms with Crippen LogP contribution >= 0.6 is 0 Å². The summed E-state index contributed by atoms with van der Waals surface area (Å²) in [6.45, 7) is 5.28. The lowest BCUT2D eigenvalue weighted by Crippen LogP contribution is -2.27. The third-order valence-corrected chi connectivity index (χ3v) is 3.01. The zero-order chi connectivity index (χ0) is 12.7. The predicted molar refractivity (Wildman–Crippen MR) is 71.6 cm³/mol. The number of rotatable bonds is 4. The van der Waals surface area contributed by atoms with Gasteiger partial charge in [0.05, 0.1) is 0 Å². The smallest absolute Gasteiger partial charge is 0.104 e. The van der Waals surface area contributed by atoms with Crippen LogP contribution in [0.5, 0.6) is 0 Å². The fraction of sp³-hybridized carbons (Fsp3) is 0.467. The Balaban J connectivity index is 2.72. The second-order valence-electron chi connectivity index (χ2n) is 4.33. The van der Waals surface area contributed by atoms with Crippen LogP contribution in [0, 0.1) is 11.8 Å². The Morgan fingerprint density at radius 2 is 2.18 bits per heavy atom. The molecule has 1 atom stereocenters. The Bertz CT molecular complexity index is 403. The van der Waals surface area contributed by atoms with Crippen LogP contribution in [0.1, 0.15) is 31.4 Å². The molecule has 0 heterocycles. The van der Waals surface area contributed by atoms with Gasteiger partial charge in [0.25, 0.3) is 0 Å². The molecule has 1 rings (SSSR count). The van der Waals surface area contributed by atoms with Crippen molar-refractivity contribution in [2.24, 2.45) is 0 Å². The summed E-state index contributed by atoms with van der Waals surface area (Å²) in [6, 6.07) is 8.77. The standard InChI is InChI=1S/C15H21NO/c1-4-13(2)16(3)12-15-8-5-7-14(11-15)9-6-10-17/h5,7-8,11,13,17H,4,10,12H2,1-3H3. The van der Waals surface area contributed by atoms with Crippen molar-refractivity contribution < 1.29 is 5.11 Å². The van der Waals surface area contributed by atoms with E-state index in [4.69, 9.17) is 5.11 Å². The lowest BCUT2D eigenvalue weighted by molar-refractivity contribution is 0.244. The quantitative estimate of drug-likeness (QED) is 0.803. The first kappa shape index (κ1) is 13.8. The summed E-state index contributed by atoms with van der Waals surface area (Å²) in [6.07, 6.45) is 1.15. The summed E-state index contributed by atoms with van der Waals surface area (Å²) in [5, 5.41) is 8.67. The van der Waals surface area contributed by atoms with Gasteiger partial charge in [0.1, 0.15) is 6.61 Å². The Morgan fingerprint density at radius 1 is 1.41 bits per heavy atom. The Labute approximate surface area is 104 Å². The van der Waals surface area contributed by atoms with E-state index in [9.17, 15) is 0 Å². The second kappa shape index (κ2) is 7.11. The van der Waals surface area contributed by atoms with Crippen molar-refractivity contribution >= 4 is 0 Å². The average molecular weight is 231 g/mol. The SMILES string of the molecule is CCC(C)N(C)Cc1cccc(C#CCO)c1. The maximum atomic E-state index is 8.67. The van der Waals surface area contributed by atoms with E-state index in [1.165, 1.54) is 5.56 Å². The number of nitrogens with zero attached hydrogens (tertiary/aromatic N) is 1. The first-order valence-electron chi connectivity index (χ1n) is 6.06. The van der Waals surface area contributed by atoms with Crippen LogP contribution in [0.15, 0.2) is 24.3 Å². The number of hydrogen-bond donors (Lipinski definition) is 1. The highest BCUT2D eigenvalue weighted by Gasteiger charge is 2.06. The van der Waals surface area contributed by atoms with E-state index in [2.05, 4.69) is 49.8 Å². The van der Waals surface area contributed by atoms with Gasteiger partial charge in [-0.05, 0) is 38.1 Å². The van der Waals surface area contributed by atoms with Gasteiger partial charge in [0, 0.05) is 18.2 Å². The van der Waals surface area contributed by atoms with E-state index in [0.717, 1.165) is 18.5 Å². The van der Waals surface area contributed by atoms with Crippen LogP contribution in [0.4, 0.5) is 0 Å². The van der Waals surface area contributed by atoms with E-state index in [0.29, 0.717) is 6.04 Å². The Morgan fingerprint density at radius 3 is 2.82 bits per heavy atom. The molecule has 1 unspecified atom stereocenters. The molecule has 0 aliphatic carbocycles. The van der Waals surface area contributed by atoms with Crippen LogP contribution in [0.2, 0.25) is 0 Å². The zero-order valence-corrected chi connectivity index (χ0v) is 10.9. The normalized spacial score (nSPS) is 12.1. The van der Waals surface area contributed by atoms with Crippen molar-refractivity contribution in [1.29, 1.82) is 0 Å². The van der Waals surface area contributed by atoms with Crippen molar-refractivity contribution in [3.63, 3.8) is 0 Å². The fourth-order valence-electron chi connectivity index (χ4n) is 1.64. The van der Waals surface area contributed by atoms with E-state index in [1.807, 2.05) is 12.1 Å². The van der Waals surface area contributed by atoms with E-state index < -0.39 is 0 Å². The van der Waals surface area contributed by atoms with Crippen molar-refractivity contribution in [2.75, 3.05) is 13.7 Å². The maximum Gasteiger partial charge on any atom is 0.104 e. The molecular weight excluding hydrogens is 210 g/mol. The lowest BCUT2D eigenvalue weighted by atomic mass is 10.1. The molecule has 0 amide bonds. The summed E-state index contributed by atoms with van der Waals surface area (Å²) in [5.74, 6) is 5.60. The molecule has 0 bridgehead atoms. The topological polar surface area (TPSA) is 23.5 Å². The van der Waals surface area contributed by atoms with E-state index in [1.54, 1.807) is 0 Å². The minimum atomic E-state index is -0.0863. The summed E-state index contributed by atoms with van der Waals surface area (Å²) < 4.78 is 0. The summed E-state index contributed by atoms with van der Waals surface area (Å²) in [4.78, 5) is 2.33. The molecule has 0 aliphatic heterocycles. The van der Waals surface area contributed by atoms with Gasteiger partial charge >= 0.3 is 0 Å². The molecule has 0 saturated heterocycles. The molecule has 0 aromatic heterocycles. The maximum absolute atomic E-state index is 8.67. The molecule has 92 valence electrons. The molecule has 2 heteroatoms. The van der Waals surface area contributed by atoms with Gasteiger partial charge in [-0.1, -0.05) is 30.9 Å². The molecule has 2 nitrogen and oxygen atoms in total. The van der Waals surface area contributed by atoms with Gasteiger partial charge in [-0.25, -0.2) is 0 Å². The molecule has 0 fully saturated rings. The molecular formula is C15H21NO. The molecule has 1 aromatic rings. The van der Waals surface area contributed by atoms with Gasteiger partial charge in [-0.15, -0.1) is 0 Å². The molecule has 1 N–H and O–H groups in total. The number of aliphatic hydroxyl groups excluding tert-OH is 1. The minimum Gasteiger partial charge on any atom is -0.384 e. The Kier molecular flexibility index (Phi) is 5.76.